The van der Waals surface area contributed by atoms with Crippen molar-refractivity contribution in [2.75, 3.05) is 19.8 Å². The molecule has 0 aromatic rings. The van der Waals surface area contributed by atoms with Crippen LogP contribution in [0.2, 0.25) is 0 Å². The van der Waals surface area contributed by atoms with Gasteiger partial charge in [-0.15, -0.1) is 0 Å². The van der Waals surface area contributed by atoms with Crippen molar-refractivity contribution in [1.82, 2.24) is 5.32 Å². The first-order valence-electron chi connectivity index (χ1n) is 6.75. The molecule has 5 heteroatoms. The second-order valence-electron chi connectivity index (χ2n) is 5.25. The number of ether oxygens (including phenoxy) is 1. The number of carboxylic acids is 1. The van der Waals surface area contributed by atoms with Crippen molar-refractivity contribution >= 4 is 11.9 Å². The van der Waals surface area contributed by atoms with Gasteiger partial charge in [-0.3, -0.25) is 9.59 Å². The Morgan fingerprint density at radius 3 is 2.53 bits per heavy atom. The molecule has 0 aromatic heterocycles. The summed E-state index contributed by atoms with van der Waals surface area (Å²) in [5, 5.41) is 11.8. The first-order valence-corrected chi connectivity index (χ1v) is 6.75. The molecule has 0 radical (unpaired) electrons. The van der Waals surface area contributed by atoms with Gasteiger partial charge in [-0.25, -0.2) is 0 Å². The third-order valence-corrected chi connectivity index (χ3v) is 3.08. The normalized spacial score (nSPS) is 22.5. The van der Waals surface area contributed by atoms with Crippen molar-refractivity contribution in [2.45, 2.75) is 26.7 Å². The van der Waals surface area contributed by atoms with Crippen LogP contribution in [-0.2, 0) is 14.3 Å². The first kappa shape index (κ1) is 15.7. The molecule has 1 rings (SSSR count). The number of aliphatic carboxylic acids is 1. The molecule has 0 aliphatic heterocycles. The molecule has 0 bridgehead atoms. The maximum absolute atomic E-state index is 11.9. The Labute approximate surface area is 114 Å². The molecule has 2 unspecified atom stereocenters. The van der Waals surface area contributed by atoms with Crippen molar-refractivity contribution in [3.8, 4) is 0 Å². The van der Waals surface area contributed by atoms with Gasteiger partial charge < -0.3 is 15.2 Å². The molecular formula is C14H23NO4. The molecule has 108 valence electrons. The number of nitrogens with one attached hydrogen (secondary N) is 1. The van der Waals surface area contributed by atoms with E-state index < -0.39 is 17.8 Å². The summed E-state index contributed by atoms with van der Waals surface area (Å²) >= 11 is 0. The van der Waals surface area contributed by atoms with Crippen LogP contribution in [-0.4, -0.2) is 36.7 Å². The van der Waals surface area contributed by atoms with Crippen LogP contribution in [0.15, 0.2) is 12.2 Å². The molecule has 0 saturated carbocycles. The minimum atomic E-state index is -0.902. The third kappa shape index (κ3) is 5.42. The zero-order chi connectivity index (χ0) is 14.3. The van der Waals surface area contributed by atoms with Crippen LogP contribution in [0.25, 0.3) is 0 Å². The predicted molar refractivity (Wildman–Crippen MR) is 71.7 cm³/mol. The van der Waals surface area contributed by atoms with E-state index in [1.165, 1.54) is 0 Å². The molecule has 1 aliphatic carbocycles. The largest absolute Gasteiger partial charge is 0.481 e. The van der Waals surface area contributed by atoms with E-state index in [-0.39, 0.29) is 5.91 Å². The van der Waals surface area contributed by atoms with Crippen LogP contribution >= 0.6 is 0 Å². The van der Waals surface area contributed by atoms with Crippen molar-refractivity contribution in [1.29, 1.82) is 0 Å². The highest BCUT2D eigenvalue weighted by Gasteiger charge is 2.33. The van der Waals surface area contributed by atoms with Gasteiger partial charge >= 0.3 is 5.97 Å². The standard InChI is InChI=1S/C14H23NO4/c1-10(2)9-19-8-7-15-13(16)11-5-3-4-6-12(11)14(17)18/h3-4,10-12H,5-9H2,1-2H3,(H,15,16)(H,17,18). The molecule has 0 saturated heterocycles. The van der Waals surface area contributed by atoms with Crippen LogP contribution in [0.1, 0.15) is 26.7 Å². The molecule has 1 amide bonds. The van der Waals surface area contributed by atoms with Gasteiger partial charge in [0, 0.05) is 13.2 Å². The van der Waals surface area contributed by atoms with Gasteiger partial charge in [0.25, 0.3) is 0 Å². The maximum Gasteiger partial charge on any atom is 0.307 e. The van der Waals surface area contributed by atoms with Crippen LogP contribution in [0.4, 0.5) is 0 Å². The number of carboxylic acid groups (broad SMARTS) is 1. The summed E-state index contributed by atoms with van der Waals surface area (Å²) in [6.07, 6.45) is 4.63. The van der Waals surface area contributed by atoms with Crippen LogP contribution in [0, 0.1) is 17.8 Å². The van der Waals surface area contributed by atoms with Crippen LogP contribution in [0.5, 0.6) is 0 Å². The number of carbonyl (C=O) groups excluding carboxylic acids is 1. The molecular weight excluding hydrogens is 246 g/mol. The SMILES string of the molecule is CC(C)COCCNC(=O)C1CC=CCC1C(=O)O. The van der Waals surface area contributed by atoms with E-state index in [1.807, 2.05) is 12.2 Å². The van der Waals surface area contributed by atoms with E-state index in [4.69, 9.17) is 9.84 Å². The Bertz CT molecular complexity index is 338. The van der Waals surface area contributed by atoms with Crippen molar-refractivity contribution in [2.24, 2.45) is 17.8 Å². The molecule has 0 fully saturated rings. The van der Waals surface area contributed by atoms with E-state index in [0.717, 1.165) is 0 Å². The molecule has 2 N–H and O–H groups in total. The zero-order valence-corrected chi connectivity index (χ0v) is 11.6. The molecule has 19 heavy (non-hydrogen) atoms. The topological polar surface area (TPSA) is 75.6 Å². The Hall–Kier alpha value is -1.36. The highest BCUT2D eigenvalue weighted by molar-refractivity contribution is 5.85. The van der Waals surface area contributed by atoms with Gasteiger partial charge in [-0.1, -0.05) is 26.0 Å². The lowest BCUT2D eigenvalue weighted by molar-refractivity contribution is -0.147. The minimum Gasteiger partial charge on any atom is -0.481 e. The Balaban J connectivity index is 2.31. The summed E-state index contributed by atoms with van der Waals surface area (Å²) < 4.78 is 5.36. The summed E-state index contributed by atoms with van der Waals surface area (Å²) in [6.45, 7) is 5.68. The Morgan fingerprint density at radius 1 is 1.32 bits per heavy atom. The third-order valence-electron chi connectivity index (χ3n) is 3.08. The Morgan fingerprint density at radius 2 is 1.95 bits per heavy atom. The molecule has 1 aliphatic rings. The van der Waals surface area contributed by atoms with E-state index in [9.17, 15) is 9.59 Å². The van der Waals surface area contributed by atoms with E-state index in [0.29, 0.717) is 38.5 Å². The van der Waals surface area contributed by atoms with Gasteiger partial charge in [0.1, 0.15) is 0 Å². The van der Waals surface area contributed by atoms with Gasteiger partial charge in [0.15, 0.2) is 0 Å². The number of allylic oxidation sites excluding steroid dienone is 2. The average Bonchev–Trinajstić information content (AvgIpc) is 2.37. The van der Waals surface area contributed by atoms with Crippen molar-refractivity contribution < 1.29 is 19.4 Å². The van der Waals surface area contributed by atoms with Crippen molar-refractivity contribution in [3.63, 3.8) is 0 Å². The van der Waals surface area contributed by atoms with E-state index >= 15 is 0 Å². The van der Waals surface area contributed by atoms with Gasteiger partial charge in [0.2, 0.25) is 5.91 Å². The summed E-state index contributed by atoms with van der Waals surface area (Å²) in [5.41, 5.74) is 0. The second-order valence-corrected chi connectivity index (χ2v) is 5.25. The lowest BCUT2D eigenvalue weighted by Crippen LogP contribution is -2.40. The van der Waals surface area contributed by atoms with Gasteiger partial charge in [-0.2, -0.15) is 0 Å². The lowest BCUT2D eigenvalue weighted by Gasteiger charge is -2.24. The summed E-state index contributed by atoms with van der Waals surface area (Å²) in [6, 6.07) is 0. The molecule has 5 nitrogen and oxygen atoms in total. The minimum absolute atomic E-state index is 0.190. The summed E-state index contributed by atoms with van der Waals surface area (Å²) in [5.74, 6) is -1.70. The number of amides is 1. The van der Waals surface area contributed by atoms with Crippen LogP contribution in [0.3, 0.4) is 0 Å². The van der Waals surface area contributed by atoms with Crippen LogP contribution < -0.4 is 5.32 Å². The highest BCUT2D eigenvalue weighted by Crippen LogP contribution is 2.25. The number of carbonyl (C=O) groups is 2. The second kappa shape index (κ2) is 7.94. The van der Waals surface area contributed by atoms with Gasteiger partial charge in [-0.05, 0) is 18.8 Å². The van der Waals surface area contributed by atoms with E-state index in [1.54, 1.807) is 0 Å². The average molecular weight is 269 g/mol. The smallest absolute Gasteiger partial charge is 0.307 e. The van der Waals surface area contributed by atoms with E-state index in [2.05, 4.69) is 19.2 Å². The van der Waals surface area contributed by atoms with Crippen molar-refractivity contribution in [3.05, 3.63) is 12.2 Å². The highest BCUT2D eigenvalue weighted by atomic mass is 16.5. The zero-order valence-electron chi connectivity index (χ0n) is 11.6. The molecule has 2 atom stereocenters. The monoisotopic (exact) mass is 269 g/mol. The maximum atomic E-state index is 11.9. The number of hydrogen-bond donors (Lipinski definition) is 2. The lowest BCUT2D eigenvalue weighted by atomic mass is 9.82. The fourth-order valence-corrected chi connectivity index (χ4v) is 2.07. The fraction of sp³-hybridized carbons (Fsp3) is 0.714. The fourth-order valence-electron chi connectivity index (χ4n) is 2.07. The molecule has 0 heterocycles. The summed E-state index contributed by atoms with van der Waals surface area (Å²) in [7, 11) is 0. The number of rotatable bonds is 7. The predicted octanol–water partition coefficient (Wildman–Crippen LogP) is 1.44. The Kier molecular flexibility index (Phi) is 6.56. The summed E-state index contributed by atoms with van der Waals surface area (Å²) in [4.78, 5) is 23.0. The number of hydrogen-bond acceptors (Lipinski definition) is 3. The first-order chi connectivity index (χ1) is 9.02. The molecule has 0 aromatic carbocycles. The quantitative estimate of drug-likeness (QED) is 0.541. The van der Waals surface area contributed by atoms with Gasteiger partial charge in [0.05, 0.1) is 18.4 Å². The molecule has 0 spiro atoms.